The molecule has 0 saturated heterocycles. The molecule has 0 radical (unpaired) electrons. The van der Waals surface area contributed by atoms with Crippen LogP contribution in [-0.2, 0) is 19.1 Å². The molecule has 156 valence electrons. The first-order valence-electron chi connectivity index (χ1n) is 9.87. The highest BCUT2D eigenvalue weighted by molar-refractivity contribution is 5.96. The predicted molar refractivity (Wildman–Crippen MR) is 113 cm³/mol. The maximum absolute atomic E-state index is 13.5. The van der Waals surface area contributed by atoms with Crippen LogP contribution < -0.4 is 5.32 Å². The molecule has 0 unspecified atom stereocenters. The Kier molecular flexibility index (Phi) is 7.01. The second kappa shape index (κ2) is 9.87. The Labute approximate surface area is 174 Å². The quantitative estimate of drug-likeness (QED) is 0.425. The Morgan fingerprint density at radius 2 is 1.47 bits per heavy atom. The van der Waals surface area contributed by atoms with Crippen molar-refractivity contribution in [3.63, 3.8) is 0 Å². The molecule has 3 aromatic carbocycles. The molecule has 0 heterocycles. The van der Waals surface area contributed by atoms with Crippen molar-refractivity contribution in [1.29, 1.82) is 0 Å². The molecular weight excluding hydrogens is 385 g/mol. The number of carbonyl (C=O) groups excluding carboxylic acids is 2. The highest BCUT2D eigenvalue weighted by Gasteiger charge is 2.38. The summed E-state index contributed by atoms with van der Waals surface area (Å²) in [4.78, 5) is 25.4. The molecule has 3 rings (SSSR count). The van der Waals surface area contributed by atoms with Crippen LogP contribution in [0.25, 0.3) is 10.8 Å². The highest BCUT2D eigenvalue weighted by atomic mass is 19.1. The average molecular weight is 409 g/mol. The van der Waals surface area contributed by atoms with Crippen LogP contribution in [0.2, 0.25) is 0 Å². The van der Waals surface area contributed by atoms with Gasteiger partial charge in [0.1, 0.15) is 5.82 Å². The third kappa shape index (κ3) is 4.95. The molecule has 0 saturated carbocycles. The Morgan fingerprint density at radius 1 is 0.867 bits per heavy atom. The number of fused-ring (bicyclic) bond motifs is 1. The fourth-order valence-corrected chi connectivity index (χ4v) is 3.32. The Bertz CT molecular complexity index is 1000. The van der Waals surface area contributed by atoms with Gasteiger partial charge in [0, 0.05) is 5.69 Å². The van der Waals surface area contributed by atoms with Gasteiger partial charge in [0.15, 0.2) is 5.92 Å². The maximum atomic E-state index is 13.5. The van der Waals surface area contributed by atoms with Crippen molar-refractivity contribution in [1.82, 2.24) is 0 Å². The number of halogens is 1. The van der Waals surface area contributed by atoms with Gasteiger partial charge in [-0.3, -0.25) is 9.59 Å². The first-order chi connectivity index (χ1) is 14.5. The van der Waals surface area contributed by atoms with Crippen LogP contribution in [0.15, 0.2) is 66.7 Å². The van der Waals surface area contributed by atoms with E-state index < -0.39 is 29.7 Å². The fourth-order valence-electron chi connectivity index (χ4n) is 3.32. The molecule has 30 heavy (non-hydrogen) atoms. The van der Waals surface area contributed by atoms with Crippen LogP contribution in [0, 0.1) is 11.7 Å². The number of benzene rings is 3. The molecular formula is C24H24FNO4. The van der Waals surface area contributed by atoms with Crippen LogP contribution in [0.3, 0.4) is 0 Å². The van der Waals surface area contributed by atoms with Gasteiger partial charge in [-0.2, -0.15) is 0 Å². The number of carbonyl (C=O) groups is 2. The first kappa shape index (κ1) is 21.3. The summed E-state index contributed by atoms with van der Waals surface area (Å²) < 4.78 is 23.8. The molecule has 6 heteroatoms. The Hall–Kier alpha value is -3.41. The molecule has 0 spiro atoms. The van der Waals surface area contributed by atoms with Gasteiger partial charge in [0.2, 0.25) is 0 Å². The number of esters is 2. The third-order valence-electron chi connectivity index (χ3n) is 4.72. The molecule has 0 amide bonds. The summed E-state index contributed by atoms with van der Waals surface area (Å²) in [6.07, 6.45) is 0. The van der Waals surface area contributed by atoms with Crippen molar-refractivity contribution in [2.45, 2.75) is 19.9 Å². The van der Waals surface area contributed by atoms with Gasteiger partial charge in [-0.15, -0.1) is 0 Å². The first-order valence-corrected chi connectivity index (χ1v) is 9.87. The third-order valence-corrected chi connectivity index (χ3v) is 4.72. The minimum absolute atomic E-state index is 0.126. The van der Waals surface area contributed by atoms with E-state index in [-0.39, 0.29) is 13.2 Å². The summed E-state index contributed by atoms with van der Waals surface area (Å²) in [6.45, 7) is 3.59. The van der Waals surface area contributed by atoms with E-state index in [0.29, 0.717) is 11.3 Å². The lowest BCUT2D eigenvalue weighted by molar-refractivity contribution is -0.162. The zero-order chi connectivity index (χ0) is 21.5. The number of anilines is 1. The van der Waals surface area contributed by atoms with Crippen LogP contribution >= 0.6 is 0 Å². The van der Waals surface area contributed by atoms with Gasteiger partial charge in [-0.05, 0) is 54.4 Å². The second-order valence-corrected chi connectivity index (χ2v) is 6.72. The summed E-state index contributed by atoms with van der Waals surface area (Å²) >= 11 is 0. The summed E-state index contributed by atoms with van der Waals surface area (Å²) in [7, 11) is 0. The standard InChI is InChI=1S/C24H24FNO4/c1-3-29-23(27)21(24(28)30-4-2)22(17-9-12-19(25)13-10-17)26-20-14-11-16-7-5-6-8-18(16)15-20/h5-15,21-22,26H,3-4H2,1-2H3/t22-/m0/s1. The van der Waals surface area contributed by atoms with E-state index in [1.54, 1.807) is 26.0 Å². The normalized spacial score (nSPS) is 11.9. The molecule has 0 bridgehead atoms. The van der Waals surface area contributed by atoms with Crippen molar-refractivity contribution < 1.29 is 23.5 Å². The summed E-state index contributed by atoms with van der Waals surface area (Å²) in [5, 5.41) is 5.33. The maximum Gasteiger partial charge on any atom is 0.322 e. The number of rotatable bonds is 8. The monoisotopic (exact) mass is 409 g/mol. The smallest absolute Gasteiger partial charge is 0.322 e. The molecule has 0 fully saturated rings. The lowest BCUT2D eigenvalue weighted by Gasteiger charge is -2.26. The zero-order valence-corrected chi connectivity index (χ0v) is 16.9. The fraction of sp³-hybridized carbons (Fsp3) is 0.250. The van der Waals surface area contributed by atoms with E-state index in [1.165, 1.54) is 12.1 Å². The van der Waals surface area contributed by atoms with Crippen molar-refractivity contribution >= 4 is 28.4 Å². The van der Waals surface area contributed by atoms with Gasteiger partial charge < -0.3 is 14.8 Å². The summed E-state index contributed by atoms with van der Waals surface area (Å²) in [6, 6.07) is 18.5. The highest BCUT2D eigenvalue weighted by Crippen LogP contribution is 2.31. The van der Waals surface area contributed by atoms with Gasteiger partial charge in [-0.25, -0.2) is 4.39 Å². The van der Waals surface area contributed by atoms with E-state index in [2.05, 4.69) is 5.32 Å². The van der Waals surface area contributed by atoms with E-state index in [9.17, 15) is 14.0 Å². The second-order valence-electron chi connectivity index (χ2n) is 6.72. The molecule has 1 atom stereocenters. The van der Waals surface area contributed by atoms with Crippen molar-refractivity contribution in [3.8, 4) is 0 Å². The predicted octanol–water partition coefficient (Wildman–Crippen LogP) is 4.87. The van der Waals surface area contributed by atoms with E-state index >= 15 is 0 Å². The average Bonchev–Trinajstić information content (AvgIpc) is 2.74. The zero-order valence-electron chi connectivity index (χ0n) is 16.9. The summed E-state index contributed by atoms with van der Waals surface area (Å²) in [5.74, 6) is -3.05. The van der Waals surface area contributed by atoms with E-state index in [1.807, 2.05) is 42.5 Å². The van der Waals surface area contributed by atoms with Crippen molar-refractivity contribution in [3.05, 3.63) is 78.1 Å². The number of hydrogen-bond acceptors (Lipinski definition) is 5. The molecule has 0 aromatic heterocycles. The number of hydrogen-bond donors (Lipinski definition) is 1. The topological polar surface area (TPSA) is 64.6 Å². The molecule has 0 aliphatic heterocycles. The van der Waals surface area contributed by atoms with E-state index in [0.717, 1.165) is 10.8 Å². The van der Waals surface area contributed by atoms with Crippen molar-refractivity contribution in [2.75, 3.05) is 18.5 Å². The minimum atomic E-state index is -1.25. The van der Waals surface area contributed by atoms with E-state index in [4.69, 9.17) is 9.47 Å². The van der Waals surface area contributed by atoms with Gasteiger partial charge in [0.25, 0.3) is 0 Å². The SMILES string of the molecule is CCOC(=O)C(C(=O)OCC)[C@@H](Nc1ccc2ccccc2c1)c1ccc(F)cc1. The van der Waals surface area contributed by atoms with Gasteiger partial charge >= 0.3 is 11.9 Å². The molecule has 0 aliphatic rings. The van der Waals surface area contributed by atoms with Crippen LogP contribution in [-0.4, -0.2) is 25.2 Å². The van der Waals surface area contributed by atoms with Crippen LogP contribution in [0.1, 0.15) is 25.5 Å². The Balaban J connectivity index is 2.03. The number of nitrogens with one attached hydrogen (secondary N) is 1. The molecule has 3 aromatic rings. The molecule has 1 N–H and O–H groups in total. The lowest BCUT2D eigenvalue weighted by atomic mass is 9.92. The largest absolute Gasteiger partial charge is 0.465 e. The minimum Gasteiger partial charge on any atom is -0.465 e. The molecule has 0 aliphatic carbocycles. The molecule has 5 nitrogen and oxygen atoms in total. The summed E-state index contributed by atoms with van der Waals surface area (Å²) in [5.41, 5.74) is 1.28. The van der Waals surface area contributed by atoms with Crippen LogP contribution in [0.4, 0.5) is 10.1 Å². The van der Waals surface area contributed by atoms with Gasteiger partial charge in [0.05, 0.1) is 19.3 Å². The lowest BCUT2D eigenvalue weighted by Crippen LogP contribution is -2.36. The number of ether oxygens (including phenoxy) is 2. The van der Waals surface area contributed by atoms with Crippen LogP contribution in [0.5, 0.6) is 0 Å². The van der Waals surface area contributed by atoms with Gasteiger partial charge in [-0.1, -0.05) is 42.5 Å². The Morgan fingerprint density at radius 3 is 2.07 bits per heavy atom. The van der Waals surface area contributed by atoms with Crippen molar-refractivity contribution in [2.24, 2.45) is 5.92 Å².